The van der Waals surface area contributed by atoms with Crippen LogP contribution in [0.4, 0.5) is 0 Å². The Hall–Kier alpha value is -1.68. The molecule has 0 bridgehead atoms. The fourth-order valence-corrected chi connectivity index (χ4v) is 2.17. The number of Topliss-reactive ketones (excluding diaryl/α,β-unsaturated/α-hetero) is 1. The quantitative estimate of drug-likeness (QED) is 0.807. The van der Waals surface area contributed by atoms with Crippen LogP contribution >= 0.6 is 11.6 Å². The Labute approximate surface area is 117 Å². The fourth-order valence-electron chi connectivity index (χ4n) is 1.97. The zero-order valence-corrected chi connectivity index (χ0v) is 12.0. The summed E-state index contributed by atoms with van der Waals surface area (Å²) in [6.45, 7) is 6.44. The van der Waals surface area contributed by atoms with Crippen molar-refractivity contribution in [2.75, 3.05) is 0 Å². The van der Waals surface area contributed by atoms with Gasteiger partial charge in [0.15, 0.2) is 5.78 Å². The van der Waals surface area contributed by atoms with Gasteiger partial charge in [-0.25, -0.2) is 0 Å². The number of hydrogen-bond acceptors (Lipinski definition) is 3. The lowest BCUT2D eigenvalue weighted by molar-refractivity contribution is 0.0985. The van der Waals surface area contributed by atoms with Crippen molar-refractivity contribution >= 4 is 17.4 Å². The zero-order valence-electron chi connectivity index (χ0n) is 11.3. The van der Waals surface area contributed by atoms with Crippen LogP contribution in [0.2, 0.25) is 5.02 Å². The van der Waals surface area contributed by atoms with Crippen LogP contribution < -0.4 is 0 Å². The molecule has 0 amide bonds. The molecular formula is C14H16ClN3O. The standard InChI is InChI=1S/C14H16ClN3O/c1-4-18-12(14(15)10(3)17-18)8-13(19)11-7-9(2)5-6-16-11/h5-7H,4,8H2,1-3H3. The van der Waals surface area contributed by atoms with E-state index in [0.717, 1.165) is 17.0 Å². The molecule has 19 heavy (non-hydrogen) atoms. The van der Waals surface area contributed by atoms with Crippen molar-refractivity contribution in [1.29, 1.82) is 0 Å². The lowest BCUT2D eigenvalue weighted by atomic mass is 10.1. The van der Waals surface area contributed by atoms with E-state index in [1.54, 1.807) is 16.9 Å². The summed E-state index contributed by atoms with van der Waals surface area (Å²) >= 11 is 6.20. The molecule has 0 radical (unpaired) electrons. The van der Waals surface area contributed by atoms with E-state index in [-0.39, 0.29) is 12.2 Å². The van der Waals surface area contributed by atoms with Gasteiger partial charge in [-0.1, -0.05) is 11.6 Å². The van der Waals surface area contributed by atoms with E-state index in [1.165, 1.54) is 0 Å². The molecule has 2 aromatic heterocycles. The summed E-state index contributed by atoms with van der Waals surface area (Å²) in [4.78, 5) is 16.3. The molecule has 4 nitrogen and oxygen atoms in total. The predicted octanol–water partition coefficient (Wildman–Crippen LogP) is 2.99. The van der Waals surface area contributed by atoms with E-state index >= 15 is 0 Å². The predicted molar refractivity (Wildman–Crippen MR) is 74.7 cm³/mol. The first-order valence-corrected chi connectivity index (χ1v) is 6.58. The molecule has 0 aromatic carbocycles. The van der Waals surface area contributed by atoms with Crippen LogP contribution in [0.5, 0.6) is 0 Å². The summed E-state index contributed by atoms with van der Waals surface area (Å²) in [6.07, 6.45) is 1.87. The minimum atomic E-state index is -0.0415. The summed E-state index contributed by atoms with van der Waals surface area (Å²) in [5.41, 5.74) is 3.00. The number of nitrogens with zero attached hydrogens (tertiary/aromatic N) is 3. The van der Waals surface area contributed by atoms with Gasteiger partial charge in [0, 0.05) is 12.7 Å². The normalized spacial score (nSPS) is 10.7. The summed E-state index contributed by atoms with van der Waals surface area (Å²) in [5, 5.41) is 4.88. The highest BCUT2D eigenvalue weighted by molar-refractivity contribution is 6.32. The summed E-state index contributed by atoms with van der Waals surface area (Å²) in [7, 11) is 0. The van der Waals surface area contributed by atoms with Crippen molar-refractivity contribution in [3.05, 3.63) is 46.0 Å². The number of rotatable bonds is 4. The molecule has 0 fully saturated rings. The van der Waals surface area contributed by atoms with Crippen LogP contribution in [0.25, 0.3) is 0 Å². The third-order valence-electron chi connectivity index (χ3n) is 2.98. The van der Waals surface area contributed by atoms with Gasteiger partial charge in [-0.3, -0.25) is 14.5 Å². The van der Waals surface area contributed by atoms with Gasteiger partial charge in [-0.2, -0.15) is 5.10 Å². The van der Waals surface area contributed by atoms with Crippen molar-refractivity contribution < 1.29 is 4.79 Å². The van der Waals surface area contributed by atoms with Gasteiger partial charge in [0.2, 0.25) is 0 Å². The minimum Gasteiger partial charge on any atom is -0.292 e. The lowest BCUT2D eigenvalue weighted by Crippen LogP contribution is -2.11. The largest absolute Gasteiger partial charge is 0.292 e. The topological polar surface area (TPSA) is 47.8 Å². The molecule has 0 saturated carbocycles. The maximum Gasteiger partial charge on any atom is 0.187 e. The zero-order chi connectivity index (χ0) is 14.0. The smallest absolute Gasteiger partial charge is 0.187 e. The van der Waals surface area contributed by atoms with Crippen LogP contribution in [0.1, 0.15) is 34.4 Å². The monoisotopic (exact) mass is 277 g/mol. The first kappa shape index (κ1) is 13.7. The van der Waals surface area contributed by atoms with Crippen molar-refractivity contribution in [3.63, 3.8) is 0 Å². The molecule has 2 aromatic rings. The maximum absolute atomic E-state index is 12.2. The van der Waals surface area contributed by atoms with E-state index in [9.17, 15) is 4.79 Å². The van der Waals surface area contributed by atoms with E-state index in [1.807, 2.05) is 26.8 Å². The molecule has 0 aliphatic heterocycles. The Balaban J connectivity index is 2.29. The second-order valence-electron chi connectivity index (χ2n) is 4.48. The molecule has 0 unspecified atom stereocenters. The van der Waals surface area contributed by atoms with Crippen LogP contribution in [0.15, 0.2) is 18.3 Å². The number of carbonyl (C=O) groups excluding carboxylic acids is 1. The first-order valence-electron chi connectivity index (χ1n) is 6.20. The Morgan fingerprint density at radius 2 is 2.16 bits per heavy atom. The molecule has 0 aliphatic rings. The Morgan fingerprint density at radius 1 is 1.42 bits per heavy atom. The second kappa shape index (κ2) is 5.53. The molecule has 100 valence electrons. The van der Waals surface area contributed by atoms with Crippen LogP contribution in [-0.2, 0) is 13.0 Å². The average Bonchev–Trinajstić information content (AvgIpc) is 2.66. The van der Waals surface area contributed by atoms with E-state index in [2.05, 4.69) is 10.1 Å². The minimum absolute atomic E-state index is 0.0415. The van der Waals surface area contributed by atoms with Gasteiger partial charge in [-0.05, 0) is 38.5 Å². The van der Waals surface area contributed by atoms with Gasteiger partial charge in [0.25, 0.3) is 0 Å². The molecule has 0 N–H and O–H groups in total. The van der Waals surface area contributed by atoms with Crippen molar-refractivity contribution in [2.45, 2.75) is 33.7 Å². The third kappa shape index (κ3) is 2.84. The summed E-state index contributed by atoms with van der Waals surface area (Å²) < 4.78 is 1.77. The van der Waals surface area contributed by atoms with E-state index < -0.39 is 0 Å². The number of hydrogen-bond donors (Lipinski definition) is 0. The fraction of sp³-hybridized carbons (Fsp3) is 0.357. The van der Waals surface area contributed by atoms with Gasteiger partial charge >= 0.3 is 0 Å². The number of aromatic nitrogens is 3. The van der Waals surface area contributed by atoms with Crippen LogP contribution in [0.3, 0.4) is 0 Å². The van der Waals surface area contributed by atoms with Crippen molar-refractivity contribution in [2.24, 2.45) is 0 Å². The van der Waals surface area contributed by atoms with Crippen LogP contribution in [0, 0.1) is 13.8 Å². The molecule has 2 heterocycles. The molecule has 0 atom stereocenters. The Morgan fingerprint density at radius 3 is 2.79 bits per heavy atom. The lowest BCUT2D eigenvalue weighted by Gasteiger charge is -2.05. The van der Waals surface area contributed by atoms with E-state index in [4.69, 9.17) is 11.6 Å². The molecule has 0 spiro atoms. The highest BCUT2D eigenvalue weighted by Crippen LogP contribution is 2.21. The van der Waals surface area contributed by atoms with Crippen LogP contribution in [-0.4, -0.2) is 20.5 Å². The molecule has 2 rings (SSSR count). The summed E-state index contributed by atoms with van der Waals surface area (Å²) in [6, 6.07) is 3.65. The number of halogens is 1. The van der Waals surface area contributed by atoms with Gasteiger partial charge < -0.3 is 0 Å². The SMILES string of the molecule is CCn1nc(C)c(Cl)c1CC(=O)c1cc(C)ccn1. The Kier molecular flexibility index (Phi) is 4.00. The summed E-state index contributed by atoms with van der Waals surface area (Å²) in [5.74, 6) is -0.0415. The first-order chi connectivity index (χ1) is 9.02. The second-order valence-corrected chi connectivity index (χ2v) is 4.86. The third-order valence-corrected chi connectivity index (χ3v) is 3.47. The average molecular weight is 278 g/mol. The van der Waals surface area contributed by atoms with Crippen molar-refractivity contribution in [1.82, 2.24) is 14.8 Å². The number of aryl methyl sites for hydroxylation is 3. The molecule has 0 aliphatic carbocycles. The number of ketones is 1. The number of carbonyl (C=O) groups is 1. The highest BCUT2D eigenvalue weighted by atomic mass is 35.5. The molecule has 5 heteroatoms. The van der Waals surface area contributed by atoms with Gasteiger partial charge in [0.05, 0.1) is 22.8 Å². The maximum atomic E-state index is 12.2. The van der Waals surface area contributed by atoms with Gasteiger partial charge in [0.1, 0.15) is 5.69 Å². The highest BCUT2D eigenvalue weighted by Gasteiger charge is 2.17. The Bertz CT molecular complexity index is 619. The van der Waals surface area contributed by atoms with E-state index in [0.29, 0.717) is 17.3 Å². The van der Waals surface area contributed by atoms with Crippen molar-refractivity contribution in [3.8, 4) is 0 Å². The molecular weight excluding hydrogens is 262 g/mol. The molecule has 0 saturated heterocycles. The van der Waals surface area contributed by atoms with Gasteiger partial charge in [-0.15, -0.1) is 0 Å². The number of pyridine rings is 1.